The minimum Gasteiger partial charge on any atom is -0.492 e. The molecule has 116 valence electrons. The van der Waals surface area contributed by atoms with E-state index in [9.17, 15) is 9.59 Å². The number of benzene rings is 1. The molecule has 0 radical (unpaired) electrons. The highest BCUT2D eigenvalue weighted by Crippen LogP contribution is 2.23. The Hall–Kier alpha value is -2.76. The Morgan fingerprint density at radius 1 is 1.18 bits per heavy atom. The summed E-state index contributed by atoms with van der Waals surface area (Å²) >= 11 is 0. The highest BCUT2D eigenvalue weighted by molar-refractivity contribution is 5.95. The number of carbonyl (C=O) groups excluding carboxylic acids is 2. The van der Waals surface area contributed by atoms with Crippen LogP contribution in [0.15, 0.2) is 42.6 Å². The van der Waals surface area contributed by atoms with Gasteiger partial charge < -0.3 is 19.4 Å². The molecule has 0 aliphatic carbocycles. The van der Waals surface area contributed by atoms with E-state index in [4.69, 9.17) is 9.47 Å². The second kappa shape index (κ2) is 7.31. The summed E-state index contributed by atoms with van der Waals surface area (Å²) in [5.74, 6) is -0.387. The number of carbonyl (C=O) groups is 2. The number of aryl methyl sites for hydroxylation is 1. The number of anilines is 1. The lowest BCUT2D eigenvalue weighted by Crippen LogP contribution is -2.22. The van der Waals surface area contributed by atoms with E-state index in [1.807, 2.05) is 13.0 Å². The number of nitrogens with one attached hydrogen (secondary N) is 1. The van der Waals surface area contributed by atoms with Crippen LogP contribution in [0.2, 0.25) is 0 Å². The fourth-order valence-electron chi connectivity index (χ4n) is 1.92. The normalized spacial score (nSPS) is 10.1. The molecule has 0 atom stereocenters. The molecule has 0 unspecified atom stereocenters. The van der Waals surface area contributed by atoms with E-state index in [0.717, 1.165) is 0 Å². The Bertz CT molecular complexity index is 664. The molecule has 0 aliphatic heterocycles. The fourth-order valence-corrected chi connectivity index (χ4v) is 1.92. The molecule has 0 saturated heterocycles. The summed E-state index contributed by atoms with van der Waals surface area (Å²) in [5.41, 5.74) is 0.937. The van der Waals surface area contributed by atoms with Gasteiger partial charge in [0.05, 0.1) is 12.3 Å². The van der Waals surface area contributed by atoms with Gasteiger partial charge in [-0.25, -0.2) is 4.79 Å². The first-order valence-electron chi connectivity index (χ1n) is 6.92. The lowest BCUT2D eigenvalue weighted by Gasteiger charge is -2.11. The van der Waals surface area contributed by atoms with Crippen LogP contribution >= 0.6 is 0 Å². The molecular formula is C16H18N2O4. The summed E-state index contributed by atoms with van der Waals surface area (Å²) in [6.45, 7) is 2.00. The molecule has 6 heteroatoms. The monoisotopic (exact) mass is 302 g/mol. The standard InChI is InChI=1S/C16H18N2O4/c1-3-21-14-9-5-4-7-12(14)17-15(19)11-22-16(20)13-8-6-10-18(13)2/h4-10H,3,11H2,1-2H3,(H,17,19). The average Bonchev–Trinajstić information content (AvgIpc) is 2.93. The van der Waals surface area contributed by atoms with Crippen molar-refractivity contribution in [2.24, 2.45) is 7.05 Å². The van der Waals surface area contributed by atoms with Crippen LogP contribution in [0.5, 0.6) is 5.75 Å². The van der Waals surface area contributed by atoms with Gasteiger partial charge in [-0.05, 0) is 31.2 Å². The van der Waals surface area contributed by atoms with E-state index in [-0.39, 0.29) is 6.61 Å². The highest BCUT2D eigenvalue weighted by atomic mass is 16.5. The summed E-state index contributed by atoms with van der Waals surface area (Å²) in [6.07, 6.45) is 1.73. The van der Waals surface area contributed by atoms with Crippen molar-refractivity contribution in [1.82, 2.24) is 4.57 Å². The second-order valence-corrected chi connectivity index (χ2v) is 4.56. The number of nitrogens with zero attached hydrogens (tertiary/aromatic N) is 1. The number of hydrogen-bond donors (Lipinski definition) is 1. The van der Waals surface area contributed by atoms with E-state index in [2.05, 4.69) is 5.32 Å². The molecule has 1 heterocycles. The molecule has 1 aromatic heterocycles. The summed E-state index contributed by atoms with van der Waals surface area (Å²) < 4.78 is 12.0. The summed E-state index contributed by atoms with van der Waals surface area (Å²) in [7, 11) is 1.73. The van der Waals surface area contributed by atoms with Crippen LogP contribution in [-0.4, -0.2) is 29.7 Å². The number of amides is 1. The van der Waals surface area contributed by atoms with E-state index in [1.165, 1.54) is 0 Å². The number of rotatable bonds is 6. The zero-order valence-corrected chi connectivity index (χ0v) is 12.5. The maximum atomic E-state index is 11.9. The lowest BCUT2D eigenvalue weighted by atomic mass is 10.3. The predicted octanol–water partition coefficient (Wildman–Crippen LogP) is 2.22. The number of para-hydroxylation sites is 2. The molecular weight excluding hydrogens is 284 g/mol. The molecule has 1 amide bonds. The molecule has 2 rings (SSSR count). The summed E-state index contributed by atoms with van der Waals surface area (Å²) in [4.78, 5) is 23.7. The molecule has 6 nitrogen and oxygen atoms in total. The Morgan fingerprint density at radius 2 is 1.95 bits per heavy atom. The van der Waals surface area contributed by atoms with Crippen molar-refractivity contribution >= 4 is 17.6 Å². The first-order valence-corrected chi connectivity index (χ1v) is 6.92. The minimum atomic E-state index is -0.541. The Labute approximate surface area is 128 Å². The van der Waals surface area contributed by atoms with Gasteiger partial charge >= 0.3 is 5.97 Å². The largest absolute Gasteiger partial charge is 0.492 e. The van der Waals surface area contributed by atoms with Gasteiger partial charge in [0.1, 0.15) is 11.4 Å². The van der Waals surface area contributed by atoms with Crippen LogP contribution in [0.3, 0.4) is 0 Å². The minimum absolute atomic E-state index is 0.357. The van der Waals surface area contributed by atoms with Gasteiger partial charge in [0.15, 0.2) is 6.61 Å². The Morgan fingerprint density at radius 3 is 2.64 bits per heavy atom. The fraction of sp³-hybridized carbons (Fsp3) is 0.250. The number of ether oxygens (including phenoxy) is 2. The van der Waals surface area contributed by atoms with E-state index in [0.29, 0.717) is 23.7 Å². The van der Waals surface area contributed by atoms with Crippen LogP contribution < -0.4 is 10.1 Å². The smallest absolute Gasteiger partial charge is 0.355 e. The molecule has 1 N–H and O–H groups in total. The molecule has 0 bridgehead atoms. The summed E-state index contributed by atoms with van der Waals surface area (Å²) in [6, 6.07) is 10.4. The first-order chi connectivity index (χ1) is 10.6. The zero-order valence-electron chi connectivity index (χ0n) is 12.5. The van der Waals surface area contributed by atoms with Gasteiger partial charge in [0.2, 0.25) is 0 Å². The maximum Gasteiger partial charge on any atom is 0.355 e. The van der Waals surface area contributed by atoms with E-state index < -0.39 is 11.9 Å². The number of esters is 1. The van der Waals surface area contributed by atoms with Gasteiger partial charge in [-0.1, -0.05) is 12.1 Å². The van der Waals surface area contributed by atoms with Crippen molar-refractivity contribution in [3.63, 3.8) is 0 Å². The SMILES string of the molecule is CCOc1ccccc1NC(=O)COC(=O)c1cccn1C. The van der Waals surface area contributed by atoms with Crippen molar-refractivity contribution in [3.05, 3.63) is 48.3 Å². The molecule has 0 saturated carbocycles. The molecule has 1 aromatic carbocycles. The number of aromatic nitrogens is 1. The molecule has 2 aromatic rings. The van der Waals surface area contributed by atoms with Crippen molar-refractivity contribution < 1.29 is 19.1 Å². The Balaban J connectivity index is 1.91. The molecule has 22 heavy (non-hydrogen) atoms. The van der Waals surface area contributed by atoms with Gasteiger partial charge in [0, 0.05) is 13.2 Å². The molecule has 0 spiro atoms. The van der Waals surface area contributed by atoms with Crippen molar-refractivity contribution in [1.29, 1.82) is 0 Å². The molecule has 0 aliphatic rings. The van der Waals surface area contributed by atoms with Crippen LogP contribution in [0.25, 0.3) is 0 Å². The third kappa shape index (κ3) is 3.88. The third-order valence-corrected chi connectivity index (χ3v) is 2.95. The quantitative estimate of drug-likeness (QED) is 0.831. The van der Waals surface area contributed by atoms with Crippen LogP contribution in [0.1, 0.15) is 17.4 Å². The zero-order chi connectivity index (χ0) is 15.9. The topological polar surface area (TPSA) is 69.6 Å². The summed E-state index contributed by atoms with van der Waals surface area (Å²) in [5, 5.41) is 2.66. The van der Waals surface area contributed by atoms with Gasteiger partial charge in [0.25, 0.3) is 5.91 Å². The predicted molar refractivity (Wildman–Crippen MR) is 81.9 cm³/mol. The van der Waals surface area contributed by atoms with Crippen LogP contribution in [-0.2, 0) is 16.6 Å². The van der Waals surface area contributed by atoms with Crippen LogP contribution in [0.4, 0.5) is 5.69 Å². The second-order valence-electron chi connectivity index (χ2n) is 4.56. The highest BCUT2D eigenvalue weighted by Gasteiger charge is 2.13. The average molecular weight is 302 g/mol. The van der Waals surface area contributed by atoms with Crippen molar-refractivity contribution in [2.75, 3.05) is 18.5 Å². The van der Waals surface area contributed by atoms with Crippen molar-refractivity contribution in [2.45, 2.75) is 6.92 Å². The van der Waals surface area contributed by atoms with Gasteiger partial charge in [-0.3, -0.25) is 4.79 Å². The van der Waals surface area contributed by atoms with Gasteiger partial charge in [-0.15, -0.1) is 0 Å². The third-order valence-electron chi connectivity index (χ3n) is 2.95. The Kier molecular flexibility index (Phi) is 5.19. The number of hydrogen-bond acceptors (Lipinski definition) is 4. The lowest BCUT2D eigenvalue weighted by molar-refractivity contribution is -0.119. The van der Waals surface area contributed by atoms with E-state index >= 15 is 0 Å². The first kappa shape index (κ1) is 15.6. The maximum absolute atomic E-state index is 11.9. The molecule has 0 fully saturated rings. The van der Waals surface area contributed by atoms with Crippen molar-refractivity contribution in [3.8, 4) is 5.75 Å². The van der Waals surface area contributed by atoms with E-state index in [1.54, 1.807) is 48.1 Å². The van der Waals surface area contributed by atoms with Gasteiger partial charge in [-0.2, -0.15) is 0 Å². The van der Waals surface area contributed by atoms with Crippen LogP contribution in [0, 0.1) is 0 Å².